The van der Waals surface area contributed by atoms with Crippen LogP contribution in [0.5, 0.6) is 0 Å². The summed E-state index contributed by atoms with van der Waals surface area (Å²) in [7, 11) is 0. The van der Waals surface area contributed by atoms with Gasteiger partial charge in [0.15, 0.2) is 5.16 Å². The van der Waals surface area contributed by atoms with Crippen LogP contribution >= 0.6 is 23.1 Å². The first-order valence-corrected chi connectivity index (χ1v) is 6.79. The van der Waals surface area contributed by atoms with Gasteiger partial charge in [0.2, 0.25) is 0 Å². The van der Waals surface area contributed by atoms with E-state index < -0.39 is 0 Å². The Balaban J connectivity index is 2.27. The third-order valence-corrected chi connectivity index (χ3v) is 4.35. The topological polar surface area (TPSA) is 70.9 Å². The summed E-state index contributed by atoms with van der Waals surface area (Å²) in [5, 5.41) is 16.1. The minimum Gasteiger partial charge on any atom is -0.391 e. The number of aromatic nitrogens is 3. The van der Waals surface area contributed by atoms with Gasteiger partial charge in [0.25, 0.3) is 0 Å². The molecule has 0 aliphatic rings. The third kappa shape index (κ3) is 2.62. The molecule has 0 aromatic carbocycles. The average molecular weight is 271 g/mol. The van der Waals surface area contributed by atoms with Gasteiger partial charge >= 0.3 is 5.69 Å². The van der Waals surface area contributed by atoms with E-state index in [0.29, 0.717) is 5.16 Å². The zero-order chi connectivity index (χ0) is 12.4. The summed E-state index contributed by atoms with van der Waals surface area (Å²) in [5.41, 5.74) is -0.193. The zero-order valence-electron chi connectivity index (χ0n) is 9.51. The summed E-state index contributed by atoms with van der Waals surface area (Å²) in [4.78, 5) is 12.4. The number of aliphatic hydroxyl groups excluding tert-OH is 1. The van der Waals surface area contributed by atoms with Crippen LogP contribution < -0.4 is 5.69 Å². The lowest BCUT2D eigenvalue weighted by atomic mass is 10.4. The van der Waals surface area contributed by atoms with Crippen molar-refractivity contribution in [1.29, 1.82) is 0 Å². The summed E-state index contributed by atoms with van der Waals surface area (Å²) in [6.07, 6.45) is 0. The molecular weight excluding hydrogens is 258 g/mol. The maximum absolute atomic E-state index is 11.5. The van der Waals surface area contributed by atoms with E-state index in [9.17, 15) is 4.79 Å². The molecule has 0 spiro atoms. The molecule has 0 saturated carbocycles. The van der Waals surface area contributed by atoms with Crippen molar-refractivity contribution in [3.8, 4) is 0 Å². The van der Waals surface area contributed by atoms with Gasteiger partial charge in [0.05, 0.1) is 10.8 Å². The Bertz CT molecular complexity index is 556. The summed E-state index contributed by atoms with van der Waals surface area (Å²) in [5.74, 6) is 0. The average Bonchev–Trinajstić information content (AvgIpc) is 2.86. The van der Waals surface area contributed by atoms with Gasteiger partial charge in [-0.2, -0.15) is 0 Å². The second-order valence-corrected chi connectivity index (χ2v) is 6.19. The molecule has 2 heterocycles. The SMILES string of the molecule is CC(C)n1c(Sc2ccc(CO)s2)n[nH]c1=O. The minimum atomic E-state index is -0.193. The van der Waals surface area contributed by atoms with E-state index in [-0.39, 0.29) is 18.3 Å². The van der Waals surface area contributed by atoms with E-state index in [1.54, 1.807) is 4.57 Å². The second kappa shape index (κ2) is 5.07. The molecule has 92 valence electrons. The summed E-state index contributed by atoms with van der Waals surface area (Å²) in [6, 6.07) is 3.86. The lowest BCUT2D eigenvalue weighted by molar-refractivity contribution is 0.285. The van der Waals surface area contributed by atoms with Crippen molar-refractivity contribution in [2.45, 2.75) is 35.9 Å². The molecule has 17 heavy (non-hydrogen) atoms. The van der Waals surface area contributed by atoms with Crippen LogP contribution in [0, 0.1) is 0 Å². The molecule has 0 atom stereocenters. The molecule has 2 rings (SSSR count). The van der Waals surface area contributed by atoms with Gasteiger partial charge in [-0.15, -0.1) is 16.4 Å². The maximum atomic E-state index is 11.5. The second-order valence-electron chi connectivity index (χ2n) is 3.76. The van der Waals surface area contributed by atoms with Gasteiger partial charge in [-0.05, 0) is 37.7 Å². The highest BCUT2D eigenvalue weighted by molar-refractivity contribution is 8.01. The van der Waals surface area contributed by atoms with Crippen molar-refractivity contribution < 1.29 is 5.11 Å². The molecular formula is C10H13N3O2S2. The van der Waals surface area contributed by atoms with Gasteiger partial charge in [-0.3, -0.25) is 4.57 Å². The smallest absolute Gasteiger partial charge is 0.344 e. The molecule has 0 radical (unpaired) electrons. The Hall–Kier alpha value is -1.05. The standard InChI is InChI=1S/C10H13N3O2S2/c1-6(2)13-9(15)11-12-10(13)17-8-4-3-7(5-14)16-8/h3-4,6,14H,5H2,1-2H3,(H,11,15). The first-order chi connectivity index (χ1) is 8.11. The lowest BCUT2D eigenvalue weighted by Gasteiger charge is -2.07. The molecule has 0 saturated heterocycles. The summed E-state index contributed by atoms with van der Waals surface area (Å²) in [6.45, 7) is 3.92. The van der Waals surface area contributed by atoms with Gasteiger partial charge < -0.3 is 5.11 Å². The van der Waals surface area contributed by atoms with Crippen molar-refractivity contribution in [3.05, 3.63) is 27.5 Å². The maximum Gasteiger partial charge on any atom is 0.344 e. The molecule has 2 N–H and O–H groups in total. The van der Waals surface area contributed by atoms with Crippen LogP contribution in [0.3, 0.4) is 0 Å². The molecule has 2 aromatic rings. The highest BCUT2D eigenvalue weighted by Crippen LogP contribution is 2.32. The van der Waals surface area contributed by atoms with E-state index in [2.05, 4.69) is 10.2 Å². The number of thiophene rings is 1. The van der Waals surface area contributed by atoms with Crippen LogP contribution in [0.15, 0.2) is 26.3 Å². The first-order valence-electron chi connectivity index (χ1n) is 5.16. The van der Waals surface area contributed by atoms with E-state index >= 15 is 0 Å². The molecule has 7 heteroatoms. The van der Waals surface area contributed by atoms with E-state index in [0.717, 1.165) is 9.09 Å². The van der Waals surface area contributed by atoms with Crippen LogP contribution in [0.25, 0.3) is 0 Å². The molecule has 0 unspecified atom stereocenters. The van der Waals surface area contributed by atoms with Crippen LogP contribution in [-0.4, -0.2) is 19.9 Å². The Labute approximate surface area is 106 Å². The van der Waals surface area contributed by atoms with Crippen LogP contribution in [0.2, 0.25) is 0 Å². The van der Waals surface area contributed by atoms with Gasteiger partial charge in [-0.25, -0.2) is 9.89 Å². The van der Waals surface area contributed by atoms with Crippen molar-refractivity contribution in [2.24, 2.45) is 0 Å². The first kappa shape index (κ1) is 12.4. The predicted molar refractivity (Wildman–Crippen MR) is 67.6 cm³/mol. The highest BCUT2D eigenvalue weighted by Gasteiger charge is 2.13. The monoisotopic (exact) mass is 271 g/mol. The Morgan fingerprint density at radius 1 is 1.59 bits per heavy atom. The number of hydrogen-bond donors (Lipinski definition) is 2. The third-order valence-electron chi connectivity index (χ3n) is 2.17. The van der Waals surface area contributed by atoms with Crippen LogP contribution in [0.4, 0.5) is 0 Å². The fourth-order valence-electron chi connectivity index (χ4n) is 1.41. The lowest BCUT2D eigenvalue weighted by Crippen LogP contribution is -2.19. The normalized spacial score (nSPS) is 11.3. The van der Waals surface area contributed by atoms with Crippen molar-refractivity contribution in [2.75, 3.05) is 0 Å². The summed E-state index contributed by atoms with van der Waals surface area (Å²) >= 11 is 2.93. The number of rotatable bonds is 4. The largest absolute Gasteiger partial charge is 0.391 e. The van der Waals surface area contributed by atoms with Crippen molar-refractivity contribution in [3.63, 3.8) is 0 Å². The minimum absolute atomic E-state index is 0.0444. The van der Waals surface area contributed by atoms with Gasteiger partial charge in [-0.1, -0.05) is 0 Å². The molecule has 0 amide bonds. The number of nitrogens with one attached hydrogen (secondary N) is 1. The number of nitrogens with zero attached hydrogens (tertiary/aromatic N) is 2. The van der Waals surface area contributed by atoms with Crippen LogP contribution in [-0.2, 0) is 6.61 Å². The van der Waals surface area contributed by atoms with Crippen molar-refractivity contribution in [1.82, 2.24) is 14.8 Å². The van der Waals surface area contributed by atoms with Gasteiger partial charge in [0.1, 0.15) is 0 Å². The fourth-order valence-corrected chi connectivity index (χ4v) is 3.51. The Morgan fingerprint density at radius 3 is 2.94 bits per heavy atom. The van der Waals surface area contributed by atoms with Crippen LogP contribution in [0.1, 0.15) is 24.8 Å². The van der Waals surface area contributed by atoms with Crippen molar-refractivity contribution >= 4 is 23.1 Å². The predicted octanol–water partition coefficient (Wildman–Crippen LogP) is 1.86. The number of aliphatic hydroxyl groups is 1. The number of H-pyrrole nitrogens is 1. The number of aromatic amines is 1. The summed E-state index contributed by atoms with van der Waals surface area (Å²) < 4.78 is 2.62. The Kier molecular flexibility index (Phi) is 3.70. The van der Waals surface area contributed by atoms with E-state index in [1.165, 1.54) is 23.1 Å². The molecule has 0 bridgehead atoms. The molecule has 0 aliphatic carbocycles. The Morgan fingerprint density at radius 2 is 2.35 bits per heavy atom. The fraction of sp³-hybridized carbons (Fsp3) is 0.400. The van der Waals surface area contributed by atoms with Gasteiger partial charge in [0, 0.05) is 10.9 Å². The van der Waals surface area contributed by atoms with E-state index in [1.807, 2.05) is 26.0 Å². The molecule has 0 aliphatic heterocycles. The quantitative estimate of drug-likeness (QED) is 0.890. The highest BCUT2D eigenvalue weighted by atomic mass is 32.2. The molecule has 0 fully saturated rings. The van der Waals surface area contributed by atoms with E-state index in [4.69, 9.17) is 5.11 Å². The zero-order valence-corrected chi connectivity index (χ0v) is 11.1. The number of hydrogen-bond acceptors (Lipinski definition) is 5. The molecule has 5 nitrogen and oxygen atoms in total. The molecule has 2 aromatic heterocycles.